The number of hydrogen-bond donors (Lipinski definition) is 1. The zero-order chi connectivity index (χ0) is 15.0. The van der Waals surface area contributed by atoms with E-state index < -0.39 is 5.97 Å². The number of hydrogen-bond acceptors (Lipinski definition) is 2. The van der Waals surface area contributed by atoms with Crippen LogP contribution in [0.4, 0.5) is 0 Å². The molecule has 0 radical (unpaired) electrons. The number of carboxylic acid groups (broad SMARTS) is 1. The minimum absolute atomic E-state index is 0.180. The Balaban J connectivity index is 2.06. The van der Waals surface area contributed by atoms with Gasteiger partial charge in [-0.05, 0) is 25.5 Å². The number of benzene rings is 1. The van der Waals surface area contributed by atoms with Crippen molar-refractivity contribution < 1.29 is 9.90 Å². The fraction of sp³-hybridized carbons (Fsp3) is 0.471. The van der Waals surface area contributed by atoms with Crippen molar-refractivity contribution in [3.05, 3.63) is 35.5 Å². The molecule has 112 valence electrons. The monoisotopic (exact) mass is 286 g/mol. The van der Waals surface area contributed by atoms with E-state index in [2.05, 4.69) is 41.5 Å². The predicted molar refractivity (Wildman–Crippen MR) is 83.4 cm³/mol. The van der Waals surface area contributed by atoms with E-state index in [9.17, 15) is 4.79 Å². The first-order valence-corrected chi connectivity index (χ1v) is 7.62. The van der Waals surface area contributed by atoms with Crippen LogP contribution in [0.25, 0.3) is 10.9 Å². The van der Waals surface area contributed by atoms with Crippen molar-refractivity contribution in [2.75, 3.05) is 6.54 Å². The van der Waals surface area contributed by atoms with Gasteiger partial charge in [0.1, 0.15) is 0 Å². The van der Waals surface area contributed by atoms with Crippen LogP contribution >= 0.6 is 0 Å². The molecule has 0 fully saturated rings. The summed E-state index contributed by atoms with van der Waals surface area (Å²) >= 11 is 0. The highest BCUT2D eigenvalue weighted by Crippen LogP contribution is 2.31. The molecule has 1 aliphatic heterocycles. The third-order valence-electron chi connectivity index (χ3n) is 4.47. The highest BCUT2D eigenvalue weighted by Gasteiger charge is 2.24. The molecule has 2 aromatic rings. The fourth-order valence-corrected chi connectivity index (χ4v) is 3.33. The van der Waals surface area contributed by atoms with Crippen LogP contribution in [0.1, 0.15) is 31.5 Å². The number of carbonyl (C=O) groups is 1. The van der Waals surface area contributed by atoms with Gasteiger partial charge in [-0.15, -0.1) is 0 Å². The number of aryl methyl sites for hydroxylation is 1. The molecule has 1 N–H and O–H groups in total. The molecule has 0 unspecified atom stereocenters. The molecule has 3 rings (SSSR count). The zero-order valence-electron chi connectivity index (χ0n) is 12.7. The minimum Gasteiger partial charge on any atom is -0.481 e. The predicted octanol–water partition coefficient (Wildman–Crippen LogP) is 2.88. The van der Waals surface area contributed by atoms with Crippen LogP contribution in [-0.2, 0) is 24.3 Å². The number of para-hydroxylation sites is 1. The smallest absolute Gasteiger partial charge is 0.305 e. The first kappa shape index (κ1) is 14.1. The Hall–Kier alpha value is -1.81. The van der Waals surface area contributed by atoms with E-state index in [0.29, 0.717) is 12.6 Å². The number of nitrogens with zero attached hydrogens (tertiary/aromatic N) is 2. The summed E-state index contributed by atoms with van der Waals surface area (Å²) in [5.74, 6) is -0.735. The van der Waals surface area contributed by atoms with Crippen LogP contribution in [0.5, 0.6) is 0 Å². The van der Waals surface area contributed by atoms with Crippen molar-refractivity contribution in [3.63, 3.8) is 0 Å². The first-order chi connectivity index (χ1) is 10.1. The Kier molecular flexibility index (Phi) is 3.72. The summed E-state index contributed by atoms with van der Waals surface area (Å²) in [4.78, 5) is 13.4. The SMILES string of the molecule is CC(C)N1CCc2c(c3ccccc3n2CCC(=O)O)C1. The molecule has 21 heavy (non-hydrogen) atoms. The molecule has 4 heteroatoms. The molecular weight excluding hydrogens is 264 g/mol. The van der Waals surface area contributed by atoms with Crippen molar-refractivity contribution in [2.24, 2.45) is 0 Å². The molecule has 1 aromatic carbocycles. The lowest BCUT2D eigenvalue weighted by Crippen LogP contribution is -2.36. The van der Waals surface area contributed by atoms with Gasteiger partial charge in [0.05, 0.1) is 6.42 Å². The Morgan fingerprint density at radius 3 is 2.81 bits per heavy atom. The number of aromatic nitrogens is 1. The highest BCUT2D eigenvalue weighted by molar-refractivity contribution is 5.86. The second-order valence-corrected chi connectivity index (χ2v) is 6.05. The van der Waals surface area contributed by atoms with Gasteiger partial charge in [0.25, 0.3) is 0 Å². The average Bonchev–Trinajstić information content (AvgIpc) is 2.78. The number of rotatable bonds is 4. The zero-order valence-corrected chi connectivity index (χ0v) is 12.7. The van der Waals surface area contributed by atoms with E-state index in [-0.39, 0.29) is 6.42 Å². The quantitative estimate of drug-likeness (QED) is 0.940. The van der Waals surface area contributed by atoms with Crippen molar-refractivity contribution in [1.29, 1.82) is 0 Å². The van der Waals surface area contributed by atoms with Crippen molar-refractivity contribution in [1.82, 2.24) is 9.47 Å². The minimum atomic E-state index is -0.735. The normalized spacial score (nSPS) is 15.6. The maximum atomic E-state index is 10.9. The van der Waals surface area contributed by atoms with Gasteiger partial charge >= 0.3 is 5.97 Å². The largest absolute Gasteiger partial charge is 0.481 e. The maximum Gasteiger partial charge on any atom is 0.305 e. The van der Waals surface area contributed by atoms with Crippen molar-refractivity contribution >= 4 is 16.9 Å². The number of carboxylic acids is 1. The van der Waals surface area contributed by atoms with Gasteiger partial charge in [-0.3, -0.25) is 9.69 Å². The summed E-state index contributed by atoms with van der Waals surface area (Å²) in [5, 5.41) is 10.3. The van der Waals surface area contributed by atoms with Crippen LogP contribution in [0, 0.1) is 0 Å². The van der Waals surface area contributed by atoms with Gasteiger partial charge in [0.15, 0.2) is 0 Å². The molecule has 1 aliphatic rings. The number of aliphatic carboxylic acids is 1. The molecule has 0 aliphatic carbocycles. The Labute approximate surface area is 125 Å². The first-order valence-electron chi connectivity index (χ1n) is 7.62. The molecule has 0 bridgehead atoms. The van der Waals surface area contributed by atoms with Gasteiger partial charge < -0.3 is 9.67 Å². The van der Waals surface area contributed by atoms with Crippen molar-refractivity contribution in [2.45, 2.75) is 45.8 Å². The topological polar surface area (TPSA) is 45.5 Å². The lowest BCUT2D eigenvalue weighted by Gasteiger charge is -2.31. The maximum absolute atomic E-state index is 10.9. The molecule has 0 spiro atoms. The van der Waals surface area contributed by atoms with Gasteiger partial charge in [-0.25, -0.2) is 0 Å². The third-order valence-corrected chi connectivity index (χ3v) is 4.47. The van der Waals surface area contributed by atoms with E-state index in [4.69, 9.17) is 5.11 Å². The third kappa shape index (κ3) is 2.56. The van der Waals surface area contributed by atoms with E-state index in [1.807, 2.05) is 6.07 Å². The molecule has 0 saturated heterocycles. The standard InChI is InChI=1S/C17H22N2O2/c1-12(2)18-9-7-16-14(11-18)13-5-3-4-6-15(13)19(16)10-8-17(20)21/h3-6,12H,7-11H2,1-2H3,(H,20,21). The average molecular weight is 286 g/mol. The van der Waals surface area contributed by atoms with E-state index in [1.165, 1.54) is 22.2 Å². The Morgan fingerprint density at radius 2 is 2.10 bits per heavy atom. The fourth-order valence-electron chi connectivity index (χ4n) is 3.33. The second-order valence-electron chi connectivity index (χ2n) is 6.05. The van der Waals surface area contributed by atoms with E-state index in [0.717, 1.165) is 19.5 Å². The molecule has 4 nitrogen and oxygen atoms in total. The van der Waals surface area contributed by atoms with Gasteiger partial charge in [-0.1, -0.05) is 18.2 Å². The summed E-state index contributed by atoms with van der Waals surface area (Å²) in [6.07, 6.45) is 1.18. The van der Waals surface area contributed by atoms with Crippen LogP contribution in [0.2, 0.25) is 0 Å². The Morgan fingerprint density at radius 1 is 1.33 bits per heavy atom. The van der Waals surface area contributed by atoms with Crippen LogP contribution < -0.4 is 0 Å². The van der Waals surface area contributed by atoms with Crippen LogP contribution in [-0.4, -0.2) is 33.1 Å². The van der Waals surface area contributed by atoms with E-state index >= 15 is 0 Å². The van der Waals surface area contributed by atoms with Gasteiger partial charge in [-0.2, -0.15) is 0 Å². The summed E-state index contributed by atoms with van der Waals surface area (Å²) < 4.78 is 2.22. The van der Waals surface area contributed by atoms with Crippen LogP contribution in [0.3, 0.4) is 0 Å². The summed E-state index contributed by atoms with van der Waals surface area (Å²) in [5.41, 5.74) is 3.89. The molecule has 1 aromatic heterocycles. The molecule has 0 amide bonds. The highest BCUT2D eigenvalue weighted by atomic mass is 16.4. The summed E-state index contributed by atoms with van der Waals surface area (Å²) in [7, 11) is 0. The molecular formula is C17H22N2O2. The van der Waals surface area contributed by atoms with Gasteiger partial charge in [0, 0.05) is 48.7 Å². The molecule has 2 heterocycles. The van der Waals surface area contributed by atoms with Gasteiger partial charge in [0.2, 0.25) is 0 Å². The lowest BCUT2D eigenvalue weighted by molar-refractivity contribution is -0.137. The summed E-state index contributed by atoms with van der Waals surface area (Å²) in [6.45, 7) is 7.04. The second kappa shape index (κ2) is 5.53. The number of fused-ring (bicyclic) bond motifs is 3. The molecule has 0 saturated carbocycles. The van der Waals surface area contributed by atoms with Crippen LogP contribution in [0.15, 0.2) is 24.3 Å². The Bertz CT molecular complexity index is 673. The lowest BCUT2D eigenvalue weighted by atomic mass is 10.0. The summed E-state index contributed by atoms with van der Waals surface area (Å²) in [6, 6.07) is 8.91. The van der Waals surface area contributed by atoms with E-state index in [1.54, 1.807) is 0 Å². The molecule has 0 atom stereocenters. The van der Waals surface area contributed by atoms with Crippen molar-refractivity contribution in [3.8, 4) is 0 Å².